The van der Waals surface area contributed by atoms with Crippen molar-refractivity contribution in [2.75, 3.05) is 6.61 Å². The molecule has 0 saturated heterocycles. The van der Waals surface area contributed by atoms with Gasteiger partial charge in [-0.25, -0.2) is 4.98 Å². The van der Waals surface area contributed by atoms with Gasteiger partial charge in [-0.2, -0.15) is 0 Å². The first kappa shape index (κ1) is 14.0. The maximum absolute atomic E-state index is 10.9. The molecule has 0 spiro atoms. The second-order valence-electron chi connectivity index (χ2n) is 4.32. The number of primary amides is 1. The standard InChI is InChI=1S/C15H16N2O3/c16-15(19)12-5-8-14(17-10-12)20-13-6-3-11(4-7-13)2-1-9-18/h3-8,10,18H,1-2,9H2,(H2,16,19). The van der Waals surface area contributed by atoms with Crippen LogP contribution in [0.2, 0.25) is 0 Å². The van der Waals surface area contributed by atoms with Crippen LogP contribution in [0.1, 0.15) is 22.3 Å². The van der Waals surface area contributed by atoms with Gasteiger partial charge in [0.25, 0.3) is 0 Å². The number of ether oxygens (including phenoxy) is 1. The average molecular weight is 272 g/mol. The fraction of sp³-hybridized carbons (Fsp3) is 0.200. The minimum Gasteiger partial charge on any atom is -0.439 e. The third kappa shape index (κ3) is 3.80. The number of pyridine rings is 1. The van der Waals surface area contributed by atoms with Crippen molar-refractivity contribution < 1.29 is 14.6 Å². The zero-order chi connectivity index (χ0) is 14.4. The summed E-state index contributed by atoms with van der Waals surface area (Å²) in [5.74, 6) is 0.549. The Kier molecular flexibility index (Phi) is 4.68. The van der Waals surface area contributed by atoms with Gasteiger partial charge >= 0.3 is 0 Å². The van der Waals surface area contributed by atoms with Crippen molar-refractivity contribution >= 4 is 5.91 Å². The highest BCUT2D eigenvalue weighted by Gasteiger charge is 2.03. The van der Waals surface area contributed by atoms with E-state index in [4.69, 9.17) is 15.6 Å². The quantitative estimate of drug-likeness (QED) is 0.841. The Balaban J connectivity index is 2.00. The molecule has 0 aliphatic carbocycles. The van der Waals surface area contributed by atoms with Crippen LogP contribution in [0.5, 0.6) is 11.6 Å². The Morgan fingerprint density at radius 2 is 1.95 bits per heavy atom. The van der Waals surface area contributed by atoms with Crippen LogP contribution in [0.3, 0.4) is 0 Å². The average Bonchev–Trinajstić information content (AvgIpc) is 2.47. The van der Waals surface area contributed by atoms with Gasteiger partial charge in [0.05, 0.1) is 5.56 Å². The van der Waals surface area contributed by atoms with Crippen LogP contribution in [0.25, 0.3) is 0 Å². The van der Waals surface area contributed by atoms with Gasteiger partial charge in [-0.05, 0) is 36.6 Å². The highest BCUT2D eigenvalue weighted by Crippen LogP contribution is 2.20. The Labute approximate surface area is 117 Å². The molecule has 0 bridgehead atoms. The van der Waals surface area contributed by atoms with Gasteiger partial charge in [-0.1, -0.05) is 12.1 Å². The third-order valence-corrected chi connectivity index (χ3v) is 2.79. The largest absolute Gasteiger partial charge is 0.439 e. The van der Waals surface area contributed by atoms with Crippen LogP contribution in [-0.2, 0) is 6.42 Å². The van der Waals surface area contributed by atoms with Crippen LogP contribution in [-0.4, -0.2) is 22.6 Å². The highest BCUT2D eigenvalue weighted by molar-refractivity contribution is 5.92. The van der Waals surface area contributed by atoms with Gasteiger partial charge in [-0.15, -0.1) is 0 Å². The number of aromatic nitrogens is 1. The lowest BCUT2D eigenvalue weighted by molar-refractivity contribution is 0.1000. The topological polar surface area (TPSA) is 85.4 Å². The van der Waals surface area contributed by atoms with Gasteiger partial charge in [-0.3, -0.25) is 4.79 Å². The van der Waals surface area contributed by atoms with E-state index in [1.807, 2.05) is 24.3 Å². The maximum atomic E-state index is 10.9. The van der Waals surface area contributed by atoms with E-state index in [1.165, 1.54) is 6.20 Å². The summed E-state index contributed by atoms with van der Waals surface area (Å²) in [6.45, 7) is 0.189. The predicted octanol–water partition coefficient (Wildman–Crippen LogP) is 1.90. The van der Waals surface area contributed by atoms with E-state index < -0.39 is 5.91 Å². The zero-order valence-electron chi connectivity index (χ0n) is 11.0. The second-order valence-corrected chi connectivity index (χ2v) is 4.32. The Morgan fingerprint density at radius 1 is 1.20 bits per heavy atom. The molecule has 0 saturated carbocycles. The van der Waals surface area contributed by atoms with E-state index >= 15 is 0 Å². The number of carbonyl (C=O) groups excluding carboxylic acids is 1. The molecule has 1 amide bonds. The first-order chi connectivity index (χ1) is 9.69. The predicted molar refractivity (Wildman–Crippen MR) is 74.7 cm³/mol. The number of carbonyl (C=O) groups is 1. The monoisotopic (exact) mass is 272 g/mol. The van der Waals surface area contributed by atoms with E-state index in [0.717, 1.165) is 18.4 Å². The molecule has 0 aliphatic rings. The Morgan fingerprint density at radius 3 is 2.50 bits per heavy atom. The van der Waals surface area contributed by atoms with Crippen molar-refractivity contribution in [1.29, 1.82) is 0 Å². The number of hydrogen-bond donors (Lipinski definition) is 2. The molecule has 5 heteroatoms. The van der Waals surface area contributed by atoms with Gasteiger partial charge < -0.3 is 15.6 Å². The number of nitrogens with zero attached hydrogens (tertiary/aromatic N) is 1. The SMILES string of the molecule is NC(=O)c1ccc(Oc2ccc(CCCO)cc2)nc1. The number of rotatable bonds is 6. The van der Waals surface area contributed by atoms with Crippen LogP contribution >= 0.6 is 0 Å². The summed E-state index contributed by atoms with van der Waals surface area (Å²) in [6, 6.07) is 10.7. The molecular weight excluding hydrogens is 256 g/mol. The molecule has 20 heavy (non-hydrogen) atoms. The lowest BCUT2D eigenvalue weighted by Gasteiger charge is -2.06. The summed E-state index contributed by atoms with van der Waals surface area (Å²) in [4.78, 5) is 14.9. The number of hydrogen-bond acceptors (Lipinski definition) is 4. The fourth-order valence-corrected chi connectivity index (χ4v) is 1.71. The lowest BCUT2D eigenvalue weighted by Crippen LogP contribution is -2.10. The first-order valence-electron chi connectivity index (χ1n) is 6.32. The molecule has 1 aromatic carbocycles. The number of aliphatic hydroxyl groups excluding tert-OH is 1. The number of aryl methyl sites for hydroxylation is 1. The van der Waals surface area contributed by atoms with Crippen LogP contribution in [0.15, 0.2) is 42.6 Å². The van der Waals surface area contributed by atoms with Crippen LogP contribution < -0.4 is 10.5 Å². The number of benzene rings is 1. The molecular formula is C15H16N2O3. The fourth-order valence-electron chi connectivity index (χ4n) is 1.71. The molecule has 0 radical (unpaired) electrons. The Hall–Kier alpha value is -2.40. The summed E-state index contributed by atoms with van der Waals surface area (Å²) in [6.07, 6.45) is 2.96. The van der Waals surface area contributed by atoms with Crippen molar-refractivity contribution in [3.8, 4) is 11.6 Å². The molecule has 0 atom stereocenters. The first-order valence-corrected chi connectivity index (χ1v) is 6.32. The van der Waals surface area contributed by atoms with E-state index in [2.05, 4.69) is 4.98 Å². The molecule has 0 fully saturated rings. The van der Waals surface area contributed by atoms with Crippen molar-refractivity contribution in [3.63, 3.8) is 0 Å². The molecule has 3 N–H and O–H groups in total. The number of nitrogens with two attached hydrogens (primary N) is 1. The van der Waals surface area contributed by atoms with Crippen molar-refractivity contribution in [2.24, 2.45) is 5.73 Å². The molecule has 5 nitrogen and oxygen atoms in total. The summed E-state index contributed by atoms with van der Waals surface area (Å²) in [7, 11) is 0. The maximum Gasteiger partial charge on any atom is 0.250 e. The lowest BCUT2D eigenvalue weighted by atomic mass is 10.1. The summed E-state index contributed by atoms with van der Waals surface area (Å²) < 4.78 is 5.56. The van der Waals surface area contributed by atoms with Gasteiger partial charge in [0.2, 0.25) is 11.8 Å². The summed E-state index contributed by atoms with van der Waals surface area (Å²) in [5, 5.41) is 8.77. The molecule has 2 rings (SSSR count). The van der Waals surface area contributed by atoms with Gasteiger partial charge in [0.15, 0.2) is 0 Å². The van der Waals surface area contributed by atoms with Crippen molar-refractivity contribution in [2.45, 2.75) is 12.8 Å². The van der Waals surface area contributed by atoms with Crippen molar-refractivity contribution in [1.82, 2.24) is 4.98 Å². The summed E-state index contributed by atoms with van der Waals surface area (Å²) >= 11 is 0. The van der Waals surface area contributed by atoms with E-state index in [0.29, 0.717) is 17.2 Å². The zero-order valence-corrected chi connectivity index (χ0v) is 11.0. The summed E-state index contributed by atoms with van der Waals surface area (Å²) in [5.41, 5.74) is 6.62. The van der Waals surface area contributed by atoms with Gasteiger partial charge in [0, 0.05) is 18.9 Å². The van der Waals surface area contributed by atoms with Crippen molar-refractivity contribution in [3.05, 3.63) is 53.7 Å². The van der Waals surface area contributed by atoms with E-state index in [1.54, 1.807) is 12.1 Å². The molecule has 2 aromatic rings. The van der Waals surface area contributed by atoms with Gasteiger partial charge in [0.1, 0.15) is 5.75 Å². The number of aliphatic hydroxyl groups is 1. The second kappa shape index (κ2) is 6.68. The minimum absolute atomic E-state index is 0.189. The third-order valence-electron chi connectivity index (χ3n) is 2.79. The van der Waals surface area contributed by atoms with Crippen LogP contribution in [0.4, 0.5) is 0 Å². The van der Waals surface area contributed by atoms with Crippen LogP contribution in [0, 0.1) is 0 Å². The molecule has 0 aliphatic heterocycles. The highest BCUT2D eigenvalue weighted by atomic mass is 16.5. The smallest absolute Gasteiger partial charge is 0.250 e. The molecule has 0 unspecified atom stereocenters. The molecule has 1 aromatic heterocycles. The number of amides is 1. The molecule has 104 valence electrons. The Bertz CT molecular complexity index is 565. The van der Waals surface area contributed by atoms with E-state index in [-0.39, 0.29) is 6.61 Å². The van der Waals surface area contributed by atoms with E-state index in [9.17, 15) is 4.79 Å². The normalized spacial score (nSPS) is 10.2. The molecule has 1 heterocycles. The minimum atomic E-state index is -0.516.